The average Bonchev–Trinajstić information content (AvgIpc) is 3.03. The largest absolute Gasteiger partial charge is 0.419 e. The van der Waals surface area contributed by atoms with Crippen molar-refractivity contribution in [3.8, 4) is 0 Å². The van der Waals surface area contributed by atoms with Crippen LogP contribution in [0.4, 0.5) is 23.1 Å². The van der Waals surface area contributed by atoms with E-state index in [2.05, 4.69) is 30.3 Å². The maximum absolute atomic E-state index is 11.7. The molecule has 0 saturated heterocycles. The topological polar surface area (TPSA) is 147 Å². The van der Waals surface area contributed by atoms with Crippen LogP contribution in [0.1, 0.15) is 11.3 Å². The summed E-state index contributed by atoms with van der Waals surface area (Å²) in [6.45, 7) is 2.05. The maximum atomic E-state index is 11.7. The number of anilines is 4. The highest BCUT2D eigenvalue weighted by molar-refractivity contribution is 7.77. The zero-order chi connectivity index (χ0) is 22.0. The van der Waals surface area contributed by atoms with E-state index in [-0.39, 0.29) is 6.54 Å². The van der Waals surface area contributed by atoms with Gasteiger partial charge in [0.1, 0.15) is 5.82 Å². The van der Waals surface area contributed by atoms with Crippen molar-refractivity contribution in [1.29, 1.82) is 0 Å². The molecular weight excluding hydrogens is 422 g/mol. The van der Waals surface area contributed by atoms with Gasteiger partial charge in [-0.3, -0.25) is 14.1 Å². The Kier molecular flexibility index (Phi) is 5.75. The van der Waals surface area contributed by atoms with Gasteiger partial charge in [0.05, 0.1) is 29.6 Å². The first-order valence-corrected chi connectivity index (χ1v) is 10.3. The van der Waals surface area contributed by atoms with Crippen LogP contribution in [0.3, 0.4) is 0 Å². The van der Waals surface area contributed by atoms with Crippen LogP contribution in [-0.2, 0) is 24.9 Å². The summed E-state index contributed by atoms with van der Waals surface area (Å²) in [5.74, 6) is 0.551. The molecule has 31 heavy (non-hydrogen) atoms. The third-order valence-electron chi connectivity index (χ3n) is 4.48. The Morgan fingerprint density at radius 1 is 1.13 bits per heavy atom. The van der Waals surface area contributed by atoms with Crippen LogP contribution in [0.5, 0.6) is 0 Å². The van der Waals surface area contributed by atoms with Crippen molar-refractivity contribution in [3.05, 3.63) is 64.5 Å². The van der Waals surface area contributed by atoms with Gasteiger partial charge in [0.15, 0.2) is 5.58 Å². The zero-order valence-electron chi connectivity index (χ0n) is 16.6. The Labute approximate surface area is 179 Å². The van der Waals surface area contributed by atoms with Gasteiger partial charge in [-0.05, 0) is 37.3 Å². The summed E-state index contributed by atoms with van der Waals surface area (Å²) >= 11 is -2.09. The molecule has 4 aromatic rings. The van der Waals surface area contributed by atoms with Gasteiger partial charge in [-0.15, -0.1) is 0 Å². The molecule has 0 aliphatic carbocycles. The highest BCUT2D eigenvalue weighted by atomic mass is 32.2. The van der Waals surface area contributed by atoms with E-state index in [0.717, 1.165) is 11.3 Å². The molecule has 1 aromatic carbocycles. The van der Waals surface area contributed by atoms with Crippen LogP contribution in [0.25, 0.3) is 11.1 Å². The molecule has 0 aliphatic heterocycles. The van der Waals surface area contributed by atoms with Crippen molar-refractivity contribution in [2.45, 2.75) is 13.5 Å². The standard InChI is InChI=1S/C19H19N7O4S/c1-11-8-21-18(24-14-4-3-13(20-9-14)10-22-31(28)29)25-17(11)23-12-5-6-16-15(7-12)26(2)19(27)30-16/h3-9,22H,10H2,1-2H3,(H,28,29)(H2,21,23,24,25). The van der Waals surface area contributed by atoms with Crippen LogP contribution in [-0.4, -0.2) is 28.3 Å². The van der Waals surface area contributed by atoms with Crippen molar-refractivity contribution in [3.63, 3.8) is 0 Å². The predicted octanol–water partition coefficient (Wildman–Crippen LogP) is 2.34. The number of pyridine rings is 1. The molecule has 3 aromatic heterocycles. The van der Waals surface area contributed by atoms with Gasteiger partial charge in [0.25, 0.3) is 0 Å². The summed E-state index contributed by atoms with van der Waals surface area (Å²) < 4.78 is 28.4. The second-order valence-electron chi connectivity index (χ2n) is 6.69. The van der Waals surface area contributed by atoms with E-state index < -0.39 is 17.0 Å². The Bertz CT molecular complexity index is 1320. The lowest BCUT2D eigenvalue weighted by Crippen LogP contribution is -2.16. The van der Waals surface area contributed by atoms with E-state index in [1.54, 1.807) is 43.7 Å². The monoisotopic (exact) mass is 441 g/mol. The summed E-state index contributed by atoms with van der Waals surface area (Å²) in [6, 6.07) is 8.83. The van der Waals surface area contributed by atoms with Crippen LogP contribution < -0.4 is 21.1 Å². The number of rotatable bonds is 7. The molecule has 160 valence electrons. The molecule has 0 spiro atoms. The molecule has 0 amide bonds. The van der Waals surface area contributed by atoms with Crippen LogP contribution in [0.15, 0.2) is 51.9 Å². The molecule has 1 unspecified atom stereocenters. The smallest absolute Gasteiger partial charge is 0.408 e. The third-order valence-corrected chi connectivity index (χ3v) is 4.87. The van der Waals surface area contributed by atoms with Gasteiger partial charge in [-0.2, -0.15) is 4.98 Å². The molecule has 11 nitrogen and oxygen atoms in total. The van der Waals surface area contributed by atoms with Crippen LogP contribution >= 0.6 is 0 Å². The second kappa shape index (κ2) is 8.63. The average molecular weight is 441 g/mol. The minimum Gasteiger partial charge on any atom is -0.408 e. The molecule has 0 radical (unpaired) electrons. The van der Waals surface area contributed by atoms with E-state index >= 15 is 0 Å². The lowest BCUT2D eigenvalue weighted by atomic mass is 10.2. The lowest BCUT2D eigenvalue weighted by molar-refractivity contribution is 0.528. The minimum atomic E-state index is -2.09. The molecule has 0 fully saturated rings. The summed E-state index contributed by atoms with van der Waals surface area (Å²) in [6.07, 6.45) is 3.27. The summed E-state index contributed by atoms with van der Waals surface area (Å²) in [4.78, 5) is 24.7. The van der Waals surface area contributed by atoms with Gasteiger partial charge in [0, 0.05) is 24.5 Å². The lowest BCUT2D eigenvalue weighted by Gasteiger charge is -2.11. The second-order valence-corrected chi connectivity index (χ2v) is 7.48. The Morgan fingerprint density at radius 3 is 2.68 bits per heavy atom. The highest BCUT2D eigenvalue weighted by Gasteiger charge is 2.09. The number of benzene rings is 1. The number of hydrogen-bond donors (Lipinski definition) is 4. The first kappa shape index (κ1) is 20.7. The minimum absolute atomic E-state index is 0.172. The molecule has 0 aliphatic rings. The quantitative estimate of drug-likeness (QED) is 0.317. The number of fused-ring (bicyclic) bond motifs is 1. The number of nitrogens with one attached hydrogen (secondary N) is 3. The first-order valence-electron chi connectivity index (χ1n) is 9.15. The van der Waals surface area contributed by atoms with E-state index in [4.69, 9.17) is 8.97 Å². The van der Waals surface area contributed by atoms with Crippen molar-refractivity contribution < 1.29 is 13.2 Å². The zero-order valence-corrected chi connectivity index (χ0v) is 17.4. The van der Waals surface area contributed by atoms with E-state index in [1.165, 1.54) is 4.57 Å². The van der Waals surface area contributed by atoms with Crippen LogP contribution in [0, 0.1) is 6.92 Å². The first-order chi connectivity index (χ1) is 14.9. The molecular formula is C19H19N7O4S. The molecule has 12 heteroatoms. The highest BCUT2D eigenvalue weighted by Crippen LogP contribution is 2.23. The Balaban J connectivity index is 1.51. The van der Waals surface area contributed by atoms with Crippen molar-refractivity contribution in [1.82, 2.24) is 24.2 Å². The molecule has 1 atom stereocenters. The fourth-order valence-electron chi connectivity index (χ4n) is 2.84. The summed E-state index contributed by atoms with van der Waals surface area (Å²) in [7, 11) is 1.65. The van der Waals surface area contributed by atoms with Crippen LogP contribution in [0.2, 0.25) is 0 Å². The van der Waals surface area contributed by atoms with E-state index in [9.17, 15) is 9.00 Å². The number of hydrogen-bond acceptors (Lipinski definition) is 8. The van der Waals surface area contributed by atoms with E-state index in [0.29, 0.717) is 34.2 Å². The normalized spacial score (nSPS) is 12.1. The molecule has 3 heterocycles. The predicted molar refractivity (Wildman–Crippen MR) is 117 cm³/mol. The van der Waals surface area contributed by atoms with Crippen molar-refractivity contribution in [2.75, 3.05) is 10.6 Å². The van der Waals surface area contributed by atoms with Gasteiger partial charge < -0.3 is 15.1 Å². The van der Waals surface area contributed by atoms with Gasteiger partial charge in [-0.25, -0.2) is 18.7 Å². The summed E-state index contributed by atoms with van der Waals surface area (Å²) in [5.41, 5.74) is 4.05. The molecule has 0 bridgehead atoms. The van der Waals surface area contributed by atoms with Gasteiger partial charge >= 0.3 is 5.76 Å². The molecule has 0 saturated carbocycles. The number of aromatic nitrogens is 4. The fraction of sp³-hybridized carbons (Fsp3) is 0.158. The van der Waals surface area contributed by atoms with Gasteiger partial charge in [0.2, 0.25) is 17.2 Å². The molecule has 4 rings (SSSR count). The third kappa shape index (κ3) is 4.77. The fourth-order valence-corrected chi connectivity index (χ4v) is 3.11. The SMILES string of the molecule is Cc1cnc(Nc2ccc(CNS(=O)O)nc2)nc1Nc1ccc2oc(=O)n(C)c2c1. The number of aryl methyl sites for hydroxylation is 2. The van der Waals surface area contributed by atoms with Crippen molar-refractivity contribution in [2.24, 2.45) is 7.05 Å². The Morgan fingerprint density at radius 2 is 1.94 bits per heavy atom. The number of nitrogens with zero attached hydrogens (tertiary/aromatic N) is 4. The molecule has 4 N–H and O–H groups in total. The number of oxazole rings is 1. The Hall–Kier alpha value is -3.61. The van der Waals surface area contributed by atoms with E-state index in [1.807, 2.05) is 13.0 Å². The summed E-state index contributed by atoms with van der Waals surface area (Å²) in [5, 5.41) is 6.32. The maximum Gasteiger partial charge on any atom is 0.419 e. The van der Waals surface area contributed by atoms with Gasteiger partial charge in [-0.1, -0.05) is 0 Å². The van der Waals surface area contributed by atoms with Crippen molar-refractivity contribution >= 4 is 45.5 Å².